The highest BCUT2D eigenvalue weighted by Gasteiger charge is 2.17. The molecule has 0 saturated heterocycles. The van der Waals surface area contributed by atoms with Crippen molar-refractivity contribution in [3.63, 3.8) is 0 Å². The summed E-state index contributed by atoms with van der Waals surface area (Å²) in [6.07, 6.45) is -3.18. The molecule has 1 aromatic heterocycles. The second-order valence-corrected chi connectivity index (χ2v) is 3.16. The number of hydrogen-bond acceptors (Lipinski definition) is 3. The Balaban J connectivity index is 3.11. The highest BCUT2D eigenvalue weighted by Crippen LogP contribution is 2.21. The maximum Gasteiger partial charge on any atom is 0.310 e. The number of rotatable bonds is 3. The second-order valence-electron chi connectivity index (χ2n) is 3.16. The Morgan fingerprint density at radius 2 is 2.19 bits per heavy atom. The number of aromatic nitrogens is 1. The summed E-state index contributed by atoms with van der Waals surface area (Å²) < 4.78 is 42.5. The summed E-state index contributed by atoms with van der Waals surface area (Å²) in [5, 5.41) is 0. The van der Waals surface area contributed by atoms with Gasteiger partial charge in [-0.25, -0.2) is 18.2 Å². The van der Waals surface area contributed by atoms with Crippen LogP contribution in [0.4, 0.5) is 13.2 Å². The van der Waals surface area contributed by atoms with E-state index in [0.717, 1.165) is 13.2 Å². The average molecular weight is 233 g/mol. The van der Waals surface area contributed by atoms with Gasteiger partial charge in [0.2, 0.25) is 0 Å². The molecule has 1 heterocycles. The largest absolute Gasteiger partial charge is 0.469 e. The fourth-order valence-corrected chi connectivity index (χ4v) is 1.22. The summed E-state index contributed by atoms with van der Waals surface area (Å²) in [7, 11) is 1.14. The topological polar surface area (TPSA) is 39.2 Å². The van der Waals surface area contributed by atoms with Crippen molar-refractivity contribution in [3.8, 4) is 0 Å². The molecule has 0 saturated carbocycles. The normalized spacial score (nSPS) is 10.6. The number of nitrogens with zero attached hydrogens (tertiary/aromatic N) is 1. The number of hydrogen-bond donors (Lipinski definition) is 0. The molecule has 6 heteroatoms. The van der Waals surface area contributed by atoms with Crippen molar-refractivity contribution in [2.24, 2.45) is 0 Å². The first-order valence-electron chi connectivity index (χ1n) is 4.46. The van der Waals surface area contributed by atoms with Crippen molar-refractivity contribution in [2.45, 2.75) is 19.8 Å². The summed E-state index contributed by atoms with van der Waals surface area (Å²) in [6, 6.07) is 0.879. The molecule has 1 aromatic rings. The van der Waals surface area contributed by atoms with Crippen LogP contribution in [0.25, 0.3) is 0 Å². The molecule has 0 aliphatic heterocycles. The van der Waals surface area contributed by atoms with Gasteiger partial charge < -0.3 is 4.74 Å². The van der Waals surface area contributed by atoms with E-state index in [0.29, 0.717) is 0 Å². The van der Waals surface area contributed by atoms with Crippen molar-refractivity contribution >= 4 is 5.97 Å². The molecule has 3 nitrogen and oxygen atoms in total. The van der Waals surface area contributed by atoms with Gasteiger partial charge in [-0.1, -0.05) is 0 Å². The molecule has 88 valence electrons. The van der Waals surface area contributed by atoms with Gasteiger partial charge in [-0.2, -0.15) is 0 Å². The Morgan fingerprint density at radius 3 is 2.69 bits per heavy atom. The quantitative estimate of drug-likeness (QED) is 0.751. The SMILES string of the molecule is COC(=O)Cc1cc(C(F)F)nc(C)c1F. The molecule has 16 heavy (non-hydrogen) atoms. The number of carbonyl (C=O) groups excluding carboxylic acids is 1. The number of halogens is 3. The van der Waals surface area contributed by atoms with Crippen molar-refractivity contribution in [1.29, 1.82) is 0 Å². The molecule has 0 spiro atoms. The Morgan fingerprint density at radius 1 is 1.56 bits per heavy atom. The lowest BCUT2D eigenvalue weighted by Crippen LogP contribution is -2.09. The predicted molar refractivity (Wildman–Crippen MR) is 49.6 cm³/mol. The zero-order chi connectivity index (χ0) is 12.3. The minimum atomic E-state index is -2.80. The Kier molecular flexibility index (Phi) is 3.87. The van der Waals surface area contributed by atoms with Crippen molar-refractivity contribution in [2.75, 3.05) is 7.11 Å². The zero-order valence-corrected chi connectivity index (χ0v) is 8.76. The van der Waals surface area contributed by atoms with Gasteiger partial charge in [0.15, 0.2) is 0 Å². The fraction of sp³-hybridized carbons (Fsp3) is 0.400. The molecule has 0 fully saturated rings. The van der Waals surface area contributed by atoms with Crippen LogP contribution in [0, 0.1) is 12.7 Å². The van der Waals surface area contributed by atoms with Crippen LogP contribution >= 0.6 is 0 Å². The van der Waals surface area contributed by atoms with Gasteiger partial charge >= 0.3 is 5.97 Å². The maximum atomic E-state index is 13.4. The van der Waals surface area contributed by atoms with E-state index < -0.39 is 23.9 Å². The van der Waals surface area contributed by atoms with Gasteiger partial charge in [-0.05, 0) is 13.0 Å². The van der Waals surface area contributed by atoms with E-state index in [-0.39, 0.29) is 17.7 Å². The molecule has 0 aliphatic rings. The van der Waals surface area contributed by atoms with E-state index in [1.807, 2.05) is 0 Å². The summed E-state index contributed by atoms with van der Waals surface area (Å²) in [5.41, 5.74) is -0.829. The lowest BCUT2D eigenvalue weighted by molar-refractivity contribution is -0.139. The molecule has 0 radical (unpaired) electrons. The van der Waals surface area contributed by atoms with Crippen molar-refractivity contribution < 1.29 is 22.7 Å². The van der Waals surface area contributed by atoms with Crippen molar-refractivity contribution in [1.82, 2.24) is 4.98 Å². The molecular weight excluding hydrogens is 223 g/mol. The Labute approximate surface area is 90.2 Å². The van der Waals surface area contributed by atoms with Crippen LogP contribution in [0.2, 0.25) is 0 Å². The van der Waals surface area contributed by atoms with Gasteiger partial charge in [0.1, 0.15) is 11.5 Å². The molecule has 0 aliphatic carbocycles. The van der Waals surface area contributed by atoms with Crippen LogP contribution in [0.3, 0.4) is 0 Å². The predicted octanol–water partition coefficient (Wildman–Crippen LogP) is 2.18. The molecule has 0 amide bonds. The number of methoxy groups -OCH3 is 1. The van der Waals surface area contributed by atoms with Crippen LogP contribution in [0.1, 0.15) is 23.4 Å². The number of esters is 1. The minimum absolute atomic E-state index is 0.130. The van der Waals surface area contributed by atoms with Gasteiger partial charge in [0.25, 0.3) is 6.43 Å². The fourth-order valence-electron chi connectivity index (χ4n) is 1.22. The minimum Gasteiger partial charge on any atom is -0.469 e. The third-order valence-electron chi connectivity index (χ3n) is 2.00. The van der Waals surface area contributed by atoms with E-state index >= 15 is 0 Å². The monoisotopic (exact) mass is 233 g/mol. The van der Waals surface area contributed by atoms with Crippen LogP contribution in [-0.4, -0.2) is 18.1 Å². The molecular formula is C10H10F3NO2. The number of alkyl halides is 2. The second kappa shape index (κ2) is 4.96. The smallest absolute Gasteiger partial charge is 0.310 e. The van der Waals surface area contributed by atoms with Crippen LogP contribution < -0.4 is 0 Å². The maximum absolute atomic E-state index is 13.4. The highest BCUT2D eigenvalue weighted by atomic mass is 19.3. The van der Waals surface area contributed by atoms with E-state index in [2.05, 4.69) is 9.72 Å². The first-order chi connectivity index (χ1) is 7.45. The summed E-state index contributed by atoms with van der Waals surface area (Å²) in [6.45, 7) is 1.27. The van der Waals surface area contributed by atoms with Gasteiger partial charge in [-0.15, -0.1) is 0 Å². The van der Waals surface area contributed by atoms with E-state index in [1.165, 1.54) is 6.92 Å². The standard InChI is InChI=1S/C10H10F3NO2/c1-5-9(11)6(4-8(15)16-2)3-7(14-5)10(12)13/h3,10H,4H2,1-2H3. The lowest BCUT2D eigenvalue weighted by atomic mass is 10.1. The average Bonchev–Trinajstić information content (AvgIpc) is 2.23. The number of pyridine rings is 1. The molecule has 0 unspecified atom stereocenters. The molecule has 1 rings (SSSR count). The van der Waals surface area contributed by atoms with Crippen LogP contribution in [0.5, 0.6) is 0 Å². The van der Waals surface area contributed by atoms with E-state index in [9.17, 15) is 18.0 Å². The number of carbonyl (C=O) groups is 1. The Bertz CT molecular complexity index is 407. The highest BCUT2D eigenvalue weighted by molar-refractivity contribution is 5.72. The lowest BCUT2D eigenvalue weighted by Gasteiger charge is -2.07. The first kappa shape index (κ1) is 12.5. The van der Waals surface area contributed by atoms with Crippen LogP contribution in [0.15, 0.2) is 6.07 Å². The summed E-state index contributed by atoms with van der Waals surface area (Å²) in [5.74, 6) is -1.44. The van der Waals surface area contributed by atoms with E-state index in [4.69, 9.17) is 0 Å². The number of ether oxygens (including phenoxy) is 1. The third kappa shape index (κ3) is 2.71. The van der Waals surface area contributed by atoms with Crippen molar-refractivity contribution in [3.05, 3.63) is 28.8 Å². The molecule has 0 N–H and O–H groups in total. The molecule has 0 aromatic carbocycles. The molecule has 0 bridgehead atoms. The first-order valence-corrected chi connectivity index (χ1v) is 4.46. The summed E-state index contributed by atoms with van der Waals surface area (Å²) in [4.78, 5) is 14.3. The van der Waals surface area contributed by atoms with E-state index in [1.54, 1.807) is 0 Å². The number of aryl methyl sites for hydroxylation is 1. The van der Waals surface area contributed by atoms with Gasteiger partial charge in [0.05, 0.1) is 19.2 Å². The van der Waals surface area contributed by atoms with Gasteiger partial charge in [-0.3, -0.25) is 4.79 Å². The third-order valence-corrected chi connectivity index (χ3v) is 2.00. The molecule has 0 atom stereocenters. The van der Waals surface area contributed by atoms with Crippen LogP contribution in [-0.2, 0) is 16.0 Å². The zero-order valence-electron chi connectivity index (χ0n) is 8.76. The summed E-state index contributed by atoms with van der Waals surface area (Å²) >= 11 is 0. The van der Waals surface area contributed by atoms with Gasteiger partial charge in [0, 0.05) is 5.56 Å². The Hall–Kier alpha value is -1.59.